The van der Waals surface area contributed by atoms with E-state index in [0.717, 1.165) is 0 Å². The van der Waals surface area contributed by atoms with Crippen molar-refractivity contribution in [3.05, 3.63) is 46.8 Å². The molecule has 0 aliphatic rings. The molecule has 0 bridgehead atoms. The summed E-state index contributed by atoms with van der Waals surface area (Å²) in [7, 11) is 0. The molecule has 2 aromatic rings. The number of hydrogen-bond donors (Lipinski definition) is 0. The van der Waals surface area contributed by atoms with Crippen LogP contribution in [0.15, 0.2) is 41.9 Å². The number of nitrogens with one attached hydrogen (secondary N) is 1. The number of carbonyl (C=O) groups is 1. The summed E-state index contributed by atoms with van der Waals surface area (Å²) < 4.78 is 5.07. The van der Waals surface area contributed by atoms with Crippen molar-refractivity contribution in [3.8, 4) is 5.88 Å². The van der Waals surface area contributed by atoms with Gasteiger partial charge in [-0.1, -0.05) is 6.07 Å². The average molecular weight is 206 g/mol. The number of aromatic nitrogens is 1. The molecule has 0 aromatic carbocycles. The van der Waals surface area contributed by atoms with Gasteiger partial charge in [0, 0.05) is 6.07 Å². The van der Waals surface area contributed by atoms with Crippen LogP contribution < -0.4 is 9.72 Å². The highest BCUT2D eigenvalue weighted by Crippen LogP contribution is 2.11. The van der Waals surface area contributed by atoms with Gasteiger partial charge in [0.1, 0.15) is 4.88 Å². The SMILES string of the molecule is O=C(Oc1cccc[nH+]1)c1cccs1. The molecular weight excluding hydrogens is 198 g/mol. The van der Waals surface area contributed by atoms with E-state index in [1.54, 1.807) is 24.4 Å². The first-order chi connectivity index (χ1) is 6.86. The number of aromatic amines is 1. The minimum atomic E-state index is -0.331. The first-order valence-corrected chi connectivity index (χ1v) is 4.96. The molecule has 0 atom stereocenters. The summed E-state index contributed by atoms with van der Waals surface area (Å²) in [5.74, 6) is 0.119. The highest BCUT2D eigenvalue weighted by Gasteiger charge is 2.11. The van der Waals surface area contributed by atoms with Crippen molar-refractivity contribution in [1.82, 2.24) is 0 Å². The van der Waals surface area contributed by atoms with Gasteiger partial charge in [-0.15, -0.1) is 11.3 Å². The van der Waals surface area contributed by atoms with Crippen LogP contribution in [-0.4, -0.2) is 5.97 Å². The van der Waals surface area contributed by atoms with E-state index >= 15 is 0 Å². The number of rotatable bonds is 2. The lowest BCUT2D eigenvalue weighted by Crippen LogP contribution is -2.14. The Kier molecular flexibility index (Phi) is 2.55. The van der Waals surface area contributed by atoms with Gasteiger partial charge in [0.25, 0.3) is 0 Å². The second-order valence-electron chi connectivity index (χ2n) is 2.59. The number of pyridine rings is 1. The molecule has 0 unspecified atom stereocenters. The lowest BCUT2D eigenvalue weighted by atomic mass is 10.4. The molecule has 14 heavy (non-hydrogen) atoms. The third kappa shape index (κ3) is 1.97. The fraction of sp³-hybridized carbons (Fsp3) is 0. The molecule has 2 aromatic heterocycles. The van der Waals surface area contributed by atoms with Gasteiger partial charge < -0.3 is 4.74 Å². The fourth-order valence-corrected chi connectivity index (χ4v) is 1.58. The first kappa shape index (κ1) is 8.90. The summed E-state index contributed by atoms with van der Waals surface area (Å²) >= 11 is 1.36. The van der Waals surface area contributed by atoms with Crippen LogP contribution in [0.2, 0.25) is 0 Å². The van der Waals surface area contributed by atoms with Crippen LogP contribution in [0.4, 0.5) is 0 Å². The van der Waals surface area contributed by atoms with Gasteiger partial charge in [0.2, 0.25) is 0 Å². The van der Waals surface area contributed by atoms with Gasteiger partial charge in [-0.05, 0) is 17.5 Å². The highest BCUT2D eigenvalue weighted by molar-refractivity contribution is 7.12. The van der Waals surface area contributed by atoms with Gasteiger partial charge in [-0.2, -0.15) is 4.98 Å². The van der Waals surface area contributed by atoms with Crippen LogP contribution in [0.25, 0.3) is 0 Å². The van der Waals surface area contributed by atoms with Crippen LogP contribution in [-0.2, 0) is 0 Å². The third-order valence-corrected chi connectivity index (χ3v) is 2.46. The lowest BCUT2D eigenvalue weighted by molar-refractivity contribution is -0.390. The molecule has 0 saturated carbocycles. The van der Waals surface area contributed by atoms with Crippen molar-refractivity contribution in [2.45, 2.75) is 0 Å². The Labute approximate surface area is 85.0 Å². The minimum Gasteiger partial charge on any atom is -0.366 e. The zero-order valence-electron chi connectivity index (χ0n) is 7.27. The number of carbonyl (C=O) groups excluding carboxylic acids is 1. The van der Waals surface area contributed by atoms with E-state index in [4.69, 9.17) is 4.74 Å². The molecule has 1 N–H and O–H groups in total. The summed E-state index contributed by atoms with van der Waals surface area (Å²) in [6.45, 7) is 0. The topological polar surface area (TPSA) is 40.4 Å². The monoisotopic (exact) mass is 206 g/mol. The zero-order valence-corrected chi connectivity index (χ0v) is 8.08. The molecule has 0 saturated heterocycles. The Morgan fingerprint density at radius 1 is 1.29 bits per heavy atom. The van der Waals surface area contributed by atoms with Crippen LogP contribution in [0, 0.1) is 0 Å². The molecule has 2 rings (SSSR count). The molecular formula is C10H8NO2S+. The first-order valence-electron chi connectivity index (χ1n) is 4.08. The van der Waals surface area contributed by atoms with Gasteiger partial charge in [-0.25, -0.2) is 4.79 Å². The van der Waals surface area contributed by atoms with Gasteiger partial charge in [-0.3, -0.25) is 0 Å². The molecule has 0 spiro atoms. The van der Waals surface area contributed by atoms with Crippen molar-refractivity contribution >= 4 is 17.3 Å². The Bertz CT molecular complexity index is 411. The van der Waals surface area contributed by atoms with Crippen molar-refractivity contribution in [1.29, 1.82) is 0 Å². The summed E-state index contributed by atoms with van der Waals surface area (Å²) in [4.78, 5) is 14.9. The Morgan fingerprint density at radius 2 is 2.21 bits per heavy atom. The van der Waals surface area contributed by atoms with E-state index in [2.05, 4.69) is 4.98 Å². The van der Waals surface area contributed by atoms with Gasteiger partial charge in [0.05, 0.1) is 6.07 Å². The number of esters is 1. The summed E-state index contributed by atoms with van der Waals surface area (Å²) in [6.07, 6.45) is 1.71. The second-order valence-corrected chi connectivity index (χ2v) is 3.54. The van der Waals surface area contributed by atoms with Crippen LogP contribution in [0.3, 0.4) is 0 Å². The standard InChI is InChI=1S/C10H7NO2S/c12-10(8-4-3-7-14-8)13-9-5-1-2-6-11-9/h1-7H/p+1. The molecule has 0 aliphatic carbocycles. The fourth-order valence-electron chi connectivity index (χ4n) is 0.985. The van der Waals surface area contributed by atoms with Crippen LogP contribution in [0.5, 0.6) is 5.88 Å². The zero-order chi connectivity index (χ0) is 9.80. The molecule has 4 heteroatoms. The minimum absolute atomic E-state index is 0.331. The maximum atomic E-state index is 11.4. The highest BCUT2D eigenvalue weighted by atomic mass is 32.1. The predicted octanol–water partition coefficient (Wildman–Crippen LogP) is 1.78. The summed E-state index contributed by atoms with van der Waals surface area (Å²) in [5.41, 5.74) is 0. The van der Waals surface area contributed by atoms with E-state index in [0.29, 0.717) is 10.8 Å². The van der Waals surface area contributed by atoms with Crippen molar-refractivity contribution in [2.75, 3.05) is 0 Å². The van der Waals surface area contributed by atoms with Crippen molar-refractivity contribution in [3.63, 3.8) is 0 Å². The molecule has 0 fully saturated rings. The maximum Gasteiger partial charge on any atom is 0.374 e. The normalized spacial score (nSPS) is 9.71. The lowest BCUT2D eigenvalue weighted by Gasteiger charge is -1.94. The molecule has 0 radical (unpaired) electrons. The number of thiophene rings is 1. The number of hydrogen-bond acceptors (Lipinski definition) is 3. The quantitative estimate of drug-likeness (QED) is 0.703. The largest absolute Gasteiger partial charge is 0.374 e. The van der Waals surface area contributed by atoms with Crippen molar-refractivity contribution < 1.29 is 14.5 Å². The molecule has 2 heterocycles. The molecule has 0 aliphatic heterocycles. The van der Waals surface area contributed by atoms with E-state index in [1.807, 2.05) is 17.5 Å². The van der Waals surface area contributed by atoms with Crippen LogP contribution >= 0.6 is 11.3 Å². The maximum absolute atomic E-state index is 11.4. The second kappa shape index (κ2) is 4.02. The van der Waals surface area contributed by atoms with Crippen LogP contribution in [0.1, 0.15) is 9.67 Å². The molecule has 0 amide bonds. The van der Waals surface area contributed by atoms with Gasteiger partial charge in [0.15, 0.2) is 6.20 Å². The smallest absolute Gasteiger partial charge is 0.366 e. The van der Waals surface area contributed by atoms with E-state index in [9.17, 15) is 4.79 Å². The summed E-state index contributed by atoms with van der Waals surface area (Å²) in [5, 5.41) is 1.84. The number of H-pyrrole nitrogens is 1. The average Bonchev–Trinajstić information content (AvgIpc) is 2.72. The molecule has 70 valence electrons. The Hall–Kier alpha value is -1.68. The predicted molar refractivity (Wildman–Crippen MR) is 52.3 cm³/mol. The Balaban J connectivity index is 2.10. The van der Waals surface area contributed by atoms with E-state index < -0.39 is 0 Å². The number of ether oxygens (including phenoxy) is 1. The van der Waals surface area contributed by atoms with Gasteiger partial charge >= 0.3 is 11.8 Å². The Morgan fingerprint density at radius 3 is 2.86 bits per heavy atom. The summed E-state index contributed by atoms with van der Waals surface area (Å²) in [6, 6.07) is 8.87. The van der Waals surface area contributed by atoms with E-state index in [-0.39, 0.29) is 5.97 Å². The third-order valence-electron chi connectivity index (χ3n) is 1.61. The van der Waals surface area contributed by atoms with Crippen molar-refractivity contribution in [2.24, 2.45) is 0 Å². The van der Waals surface area contributed by atoms with E-state index in [1.165, 1.54) is 11.3 Å². The molecule has 3 nitrogen and oxygen atoms in total.